The van der Waals surface area contributed by atoms with Gasteiger partial charge >= 0.3 is 6.18 Å². The number of nitrogens with one attached hydrogen (secondary N) is 3. The molecule has 3 N–H and O–H groups in total. The number of hydrogen-bond acceptors (Lipinski definition) is 7. The molecule has 1 amide bonds. The number of amides is 1. The fraction of sp³-hybridized carbons (Fsp3) is 0.391. The van der Waals surface area contributed by atoms with Crippen LogP contribution in [-0.2, 0) is 15.7 Å². The third-order valence-corrected chi connectivity index (χ3v) is 5.58. The first-order valence-electron chi connectivity index (χ1n) is 11.0. The minimum absolute atomic E-state index is 0.0578. The monoisotopic (exact) mass is 493 g/mol. The summed E-state index contributed by atoms with van der Waals surface area (Å²) in [4.78, 5) is 21.4. The van der Waals surface area contributed by atoms with Crippen LogP contribution in [0, 0.1) is 0 Å². The van der Waals surface area contributed by atoms with Crippen molar-refractivity contribution in [1.82, 2.24) is 14.9 Å². The van der Waals surface area contributed by atoms with Gasteiger partial charge in [0.2, 0.25) is 0 Å². The van der Waals surface area contributed by atoms with Crippen LogP contribution in [-0.4, -0.2) is 74.4 Å². The van der Waals surface area contributed by atoms with Crippen LogP contribution in [0.4, 0.5) is 30.4 Å². The Morgan fingerprint density at radius 1 is 1.20 bits per heavy atom. The molecule has 0 atom stereocenters. The predicted octanol–water partition coefficient (Wildman–Crippen LogP) is 3.86. The average molecular weight is 493 g/mol. The van der Waals surface area contributed by atoms with Crippen LogP contribution >= 0.6 is 0 Å². The number of H-pyrrole nitrogens is 1. The van der Waals surface area contributed by atoms with E-state index in [9.17, 15) is 18.0 Å². The maximum Gasteiger partial charge on any atom is 0.418 e. The number of carbonyl (C=O) groups excluding carboxylic acids is 1. The molecule has 0 spiro atoms. The summed E-state index contributed by atoms with van der Waals surface area (Å²) in [5, 5.41) is 6.01. The molecule has 188 valence electrons. The van der Waals surface area contributed by atoms with Gasteiger partial charge in [-0.05, 0) is 18.2 Å². The van der Waals surface area contributed by atoms with Gasteiger partial charge in [-0.25, -0.2) is 4.98 Å². The number of alkyl halides is 3. The molecular weight excluding hydrogens is 467 g/mol. The first-order valence-corrected chi connectivity index (χ1v) is 11.0. The summed E-state index contributed by atoms with van der Waals surface area (Å²) in [6, 6.07) is 6.45. The van der Waals surface area contributed by atoms with Crippen molar-refractivity contribution in [3.05, 3.63) is 41.6 Å². The number of ether oxygens (including phenoxy) is 3. The Bertz CT molecular complexity index is 1190. The zero-order valence-electron chi connectivity index (χ0n) is 19.3. The van der Waals surface area contributed by atoms with Gasteiger partial charge in [-0.1, -0.05) is 0 Å². The Hall–Kier alpha value is -3.51. The molecule has 12 heteroatoms. The first-order chi connectivity index (χ1) is 16.8. The van der Waals surface area contributed by atoms with Crippen molar-refractivity contribution >= 4 is 34.1 Å². The number of fused-ring (bicyclic) bond motifs is 1. The van der Waals surface area contributed by atoms with Gasteiger partial charge in [0.05, 0.1) is 43.6 Å². The number of carbonyl (C=O) groups is 1. The number of halogens is 3. The smallest absolute Gasteiger partial charge is 0.418 e. The summed E-state index contributed by atoms with van der Waals surface area (Å²) in [7, 11) is 2.98. The largest absolute Gasteiger partial charge is 0.495 e. The molecule has 0 unspecified atom stereocenters. The molecule has 3 aromatic rings. The highest BCUT2D eigenvalue weighted by Crippen LogP contribution is 2.39. The average Bonchev–Trinajstić information content (AvgIpc) is 3.29. The lowest BCUT2D eigenvalue weighted by atomic mass is 10.1. The van der Waals surface area contributed by atoms with Gasteiger partial charge in [-0.2, -0.15) is 13.2 Å². The zero-order chi connectivity index (χ0) is 25.0. The molecule has 35 heavy (non-hydrogen) atoms. The molecule has 0 radical (unpaired) electrons. The number of methoxy groups -OCH3 is 2. The number of rotatable bonds is 8. The van der Waals surface area contributed by atoms with Crippen molar-refractivity contribution < 1.29 is 32.2 Å². The first kappa shape index (κ1) is 24.6. The van der Waals surface area contributed by atoms with E-state index in [4.69, 9.17) is 14.2 Å². The van der Waals surface area contributed by atoms with Crippen LogP contribution in [0.5, 0.6) is 5.75 Å². The maximum atomic E-state index is 13.5. The number of hydrogen-bond donors (Lipinski definition) is 3. The molecule has 0 saturated carbocycles. The van der Waals surface area contributed by atoms with Crippen molar-refractivity contribution in [2.45, 2.75) is 6.18 Å². The molecule has 3 heterocycles. The van der Waals surface area contributed by atoms with Crippen LogP contribution in [0.2, 0.25) is 0 Å². The lowest BCUT2D eigenvalue weighted by Crippen LogP contribution is -2.40. The topological polar surface area (TPSA) is 101 Å². The molecule has 1 aliphatic heterocycles. The third kappa shape index (κ3) is 5.43. The van der Waals surface area contributed by atoms with Crippen LogP contribution in [0.3, 0.4) is 0 Å². The second kappa shape index (κ2) is 10.4. The molecule has 9 nitrogen and oxygen atoms in total. The summed E-state index contributed by atoms with van der Waals surface area (Å²) in [6.45, 7) is 2.63. The predicted molar refractivity (Wildman–Crippen MR) is 124 cm³/mol. The fourth-order valence-corrected chi connectivity index (χ4v) is 3.86. The molecule has 1 fully saturated rings. The van der Waals surface area contributed by atoms with Gasteiger partial charge in [-0.3, -0.25) is 4.79 Å². The van der Waals surface area contributed by atoms with Gasteiger partial charge < -0.3 is 34.7 Å². The number of aromatic amines is 1. The summed E-state index contributed by atoms with van der Waals surface area (Å²) < 4.78 is 56.4. The maximum absolute atomic E-state index is 13.5. The summed E-state index contributed by atoms with van der Waals surface area (Å²) in [5.74, 6) is 0.550. The quantitative estimate of drug-likeness (QED) is 0.410. The van der Waals surface area contributed by atoms with Crippen LogP contribution in [0.25, 0.3) is 11.0 Å². The van der Waals surface area contributed by atoms with E-state index >= 15 is 0 Å². The number of pyridine rings is 1. The number of benzene rings is 1. The van der Waals surface area contributed by atoms with Crippen LogP contribution < -0.4 is 15.4 Å². The Morgan fingerprint density at radius 3 is 2.66 bits per heavy atom. The van der Waals surface area contributed by atoms with Gasteiger partial charge in [0, 0.05) is 50.3 Å². The Kier molecular flexibility index (Phi) is 7.31. The van der Waals surface area contributed by atoms with Crippen LogP contribution in [0.15, 0.2) is 30.5 Å². The minimum Gasteiger partial charge on any atom is -0.495 e. The highest BCUT2D eigenvalue weighted by Gasteiger charge is 2.35. The summed E-state index contributed by atoms with van der Waals surface area (Å²) in [6.07, 6.45) is -3.64. The van der Waals surface area contributed by atoms with Gasteiger partial charge in [0.1, 0.15) is 17.2 Å². The molecule has 1 aromatic carbocycles. The molecule has 1 saturated heterocycles. The number of nitrogens with zero attached hydrogens (tertiary/aromatic N) is 2. The highest BCUT2D eigenvalue weighted by atomic mass is 19.4. The number of aromatic nitrogens is 2. The standard InChI is InChI=1S/C23H26F3N5O4/c1-33-8-5-27-17-12-19(30-21-20(17)15(13-28-21)23(24,25)26)29-16-4-3-14(11-18(16)34-2)22(32)31-6-9-35-10-7-31/h3-4,11-13H,5-10H2,1-2H3,(H3,27,28,29,30). The van der Waals surface area contributed by atoms with Gasteiger partial charge in [0.25, 0.3) is 5.91 Å². The molecule has 1 aliphatic rings. The molecule has 4 rings (SSSR count). The van der Waals surface area contributed by atoms with E-state index in [0.29, 0.717) is 62.3 Å². The Balaban J connectivity index is 1.64. The SMILES string of the molecule is COCCNc1cc(Nc2ccc(C(=O)N3CCOCC3)cc2OC)nc2[nH]cc(C(F)(F)F)c12. The summed E-state index contributed by atoms with van der Waals surface area (Å²) >= 11 is 0. The summed E-state index contributed by atoms with van der Waals surface area (Å²) in [5.41, 5.74) is 0.471. The van der Waals surface area contributed by atoms with E-state index in [1.165, 1.54) is 20.3 Å². The van der Waals surface area contributed by atoms with E-state index in [1.807, 2.05) is 0 Å². The molecule has 0 aliphatic carbocycles. The van der Waals surface area contributed by atoms with Crippen molar-refractivity contribution in [3.63, 3.8) is 0 Å². The zero-order valence-corrected chi connectivity index (χ0v) is 19.3. The van der Waals surface area contributed by atoms with Crippen molar-refractivity contribution in [3.8, 4) is 5.75 Å². The number of morpholine rings is 1. The van der Waals surface area contributed by atoms with E-state index in [0.717, 1.165) is 6.20 Å². The van der Waals surface area contributed by atoms with Crippen molar-refractivity contribution in [2.24, 2.45) is 0 Å². The normalized spacial score (nSPS) is 14.3. The lowest BCUT2D eigenvalue weighted by Gasteiger charge is -2.27. The van der Waals surface area contributed by atoms with E-state index < -0.39 is 11.7 Å². The molecule has 0 bridgehead atoms. The van der Waals surface area contributed by atoms with E-state index in [-0.39, 0.29) is 22.6 Å². The molecular formula is C23H26F3N5O4. The highest BCUT2D eigenvalue weighted by molar-refractivity contribution is 5.97. The van der Waals surface area contributed by atoms with Gasteiger partial charge in [-0.15, -0.1) is 0 Å². The third-order valence-electron chi connectivity index (χ3n) is 5.58. The van der Waals surface area contributed by atoms with Crippen molar-refractivity contribution in [2.75, 3.05) is 64.3 Å². The number of anilines is 3. The Labute approximate surface area is 199 Å². The fourth-order valence-electron chi connectivity index (χ4n) is 3.86. The van der Waals surface area contributed by atoms with Crippen molar-refractivity contribution in [1.29, 1.82) is 0 Å². The lowest BCUT2D eigenvalue weighted by molar-refractivity contribution is -0.136. The second-order valence-corrected chi connectivity index (χ2v) is 7.84. The second-order valence-electron chi connectivity index (χ2n) is 7.84. The van der Waals surface area contributed by atoms with Gasteiger partial charge in [0.15, 0.2) is 0 Å². The van der Waals surface area contributed by atoms with Crippen LogP contribution in [0.1, 0.15) is 15.9 Å². The molecule has 2 aromatic heterocycles. The minimum atomic E-state index is -4.54. The Morgan fingerprint density at radius 2 is 1.97 bits per heavy atom. The van der Waals surface area contributed by atoms with E-state index in [2.05, 4.69) is 20.6 Å². The van der Waals surface area contributed by atoms with E-state index in [1.54, 1.807) is 23.1 Å².